The molecule has 0 saturated carbocycles. The Morgan fingerprint density at radius 1 is 0.935 bits per heavy atom. The number of amides is 2. The maximum Gasteiger partial charge on any atom is 0.410 e. The first-order valence-corrected chi connectivity index (χ1v) is 16.6. The minimum absolute atomic E-state index is 0.0585. The fraction of sp³-hybridized carbons (Fsp3) is 0.486. The number of pyridine rings is 1. The summed E-state index contributed by atoms with van der Waals surface area (Å²) in [5.74, 6) is 0. The van der Waals surface area contributed by atoms with Gasteiger partial charge in [-0.05, 0) is 87.9 Å². The van der Waals surface area contributed by atoms with Crippen LogP contribution in [0.2, 0.25) is 0 Å². The Morgan fingerprint density at radius 3 is 2.46 bits per heavy atom. The number of anilines is 1. The van der Waals surface area contributed by atoms with Crippen LogP contribution in [0.4, 0.5) is 15.3 Å². The molecule has 1 aliphatic carbocycles. The highest BCUT2D eigenvalue weighted by atomic mass is 16.6. The Bertz CT molecular complexity index is 1520. The third-order valence-electron chi connectivity index (χ3n) is 9.38. The molecule has 2 aromatic carbocycles. The number of rotatable bonds is 6. The minimum Gasteiger partial charge on any atom is -0.445 e. The van der Waals surface area contributed by atoms with E-state index in [1.807, 2.05) is 68.3 Å². The normalized spacial score (nSPS) is 19.8. The van der Waals surface area contributed by atoms with Crippen molar-refractivity contribution in [3.05, 3.63) is 94.8 Å². The smallest absolute Gasteiger partial charge is 0.410 e. The predicted molar refractivity (Wildman–Crippen MR) is 179 cm³/mol. The Labute approximate surface area is 273 Å². The Kier molecular flexibility index (Phi) is 9.49. The molecule has 244 valence electrons. The van der Waals surface area contributed by atoms with Gasteiger partial charge in [-0.25, -0.2) is 9.59 Å². The monoisotopic (exact) mass is 625 g/mol. The quantitative estimate of drug-likeness (QED) is 0.322. The van der Waals surface area contributed by atoms with Crippen LogP contribution < -0.4 is 4.90 Å². The molecular formula is C37H47N5O4. The SMILES string of the molecule is CN(CC1Cc2c(cccc2N2CCN(C(=O)OCc3ccccc3)CC2)CN1C(=O)OC(C)(C)C)[C@H]1CCCc2cccnc21. The molecule has 3 aliphatic rings. The first kappa shape index (κ1) is 31.9. The average molecular weight is 626 g/mol. The molecule has 1 unspecified atom stereocenters. The summed E-state index contributed by atoms with van der Waals surface area (Å²) in [4.78, 5) is 39.7. The maximum atomic E-state index is 13.6. The second-order valence-corrected chi connectivity index (χ2v) is 13.8. The lowest BCUT2D eigenvalue weighted by molar-refractivity contribution is 0.00645. The number of benzene rings is 2. The van der Waals surface area contributed by atoms with Gasteiger partial charge in [0.25, 0.3) is 0 Å². The minimum atomic E-state index is -0.580. The highest BCUT2D eigenvalue weighted by Crippen LogP contribution is 2.36. The summed E-state index contributed by atoms with van der Waals surface area (Å²) in [5, 5.41) is 0. The van der Waals surface area contributed by atoms with E-state index in [9.17, 15) is 9.59 Å². The molecule has 0 spiro atoms. The number of ether oxygens (including phenoxy) is 2. The third-order valence-corrected chi connectivity index (χ3v) is 9.38. The Balaban J connectivity index is 1.18. The number of hydrogen-bond donors (Lipinski definition) is 0. The van der Waals surface area contributed by atoms with Gasteiger partial charge < -0.3 is 19.3 Å². The van der Waals surface area contributed by atoms with Crippen molar-refractivity contribution in [3.63, 3.8) is 0 Å². The van der Waals surface area contributed by atoms with Crippen LogP contribution in [0.25, 0.3) is 0 Å². The number of nitrogens with zero attached hydrogens (tertiary/aromatic N) is 5. The van der Waals surface area contributed by atoms with E-state index in [-0.39, 0.29) is 30.9 Å². The van der Waals surface area contributed by atoms with Crippen LogP contribution in [0.15, 0.2) is 66.9 Å². The molecule has 1 aromatic heterocycles. The van der Waals surface area contributed by atoms with Crippen LogP contribution in [0.1, 0.15) is 67.6 Å². The van der Waals surface area contributed by atoms with Crippen LogP contribution in [0.3, 0.4) is 0 Å². The van der Waals surface area contributed by atoms with Gasteiger partial charge in [0.05, 0.1) is 17.8 Å². The van der Waals surface area contributed by atoms with Gasteiger partial charge in [-0.2, -0.15) is 0 Å². The number of hydrogen-bond acceptors (Lipinski definition) is 7. The lowest BCUT2D eigenvalue weighted by atomic mass is 9.89. The summed E-state index contributed by atoms with van der Waals surface area (Å²) >= 11 is 0. The highest BCUT2D eigenvalue weighted by Gasteiger charge is 2.37. The summed E-state index contributed by atoms with van der Waals surface area (Å²) in [7, 11) is 2.17. The van der Waals surface area contributed by atoms with Gasteiger partial charge in [0.15, 0.2) is 0 Å². The predicted octanol–water partition coefficient (Wildman–Crippen LogP) is 6.21. The van der Waals surface area contributed by atoms with Gasteiger partial charge in [0.1, 0.15) is 12.2 Å². The van der Waals surface area contributed by atoms with E-state index < -0.39 is 5.60 Å². The number of piperazine rings is 1. The van der Waals surface area contributed by atoms with E-state index in [1.54, 1.807) is 4.90 Å². The Hall–Kier alpha value is -4.11. The standard InChI is InChI=1S/C37H47N5O4/c1-37(2,3)46-36(44)42-24-29-14-9-16-32(40-19-21-41(22-20-40)35(43)45-26-27-11-6-5-7-12-27)31(29)23-30(42)25-39(4)33-17-8-13-28-15-10-18-38-34(28)33/h5-7,9-12,14-16,18,30,33H,8,13,17,19-26H2,1-4H3/t30?,33-/m0/s1. The summed E-state index contributed by atoms with van der Waals surface area (Å²) in [6, 6.07) is 20.6. The van der Waals surface area contributed by atoms with Crippen LogP contribution in [-0.4, -0.2) is 83.3 Å². The number of fused-ring (bicyclic) bond motifs is 2. The molecular weight excluding hydrogens is 578 g/mol. The van der Waals surface area contributed by atoms with E-state index >= 15 is 0 Å². The fourth-order valence-corrected chi connectivity index (χ4v) is 7.07. The van der Waals surface area contributed by atoms with Crippen LogP contribution in [0, 0.1) is 0 Å². The lowest BCUT2D eigenvalue weighted by Crippen LogP contribution is -2.52. The first-order chi connectivity index (χ1) is 22.2. The zero-order valence-corrected chi connectivity index (χ0v) is 27.7. The number of aromatic nitrogens is 1. The molecule has 0 N–H and O–H groups in total. The van der Waals surface area contributed by atoms with E-state index in [4.69, 9.17) is 14.5 Å². The zero-order chi connectivity index (χ0) is 32.3. The number of carbonyl (C=O) groups excluding carboxylic acids is 2. The second-order valence-electron chi connectivity index (χ2n) is 13.8. The number of likely N-dealkylation sites (N-methyl/N-ethyl adjacent to an activating group) is 1. The molecule has 0 radical (unpaired) electrons. The van der Waals surface area contributed by atoms with Crippen molar-refractivity contribution in [1.82, 2.24) is 19.7 Å². The van der Waals surface area contributed by atoms with E-state index in [2.05, 4.69) is 41.1 Å². The van der Waals surface area contributed by atoms with Crippen molar-refractivity contribution in [2.75, 3.05) is 44.7 Å². The van der Waals surface area contributed by atoms with Gasteiger partial charge in [0, 0.05) is 51.2 Å². The van der Waals surface area contributed by atoms with Gasteiger partial charge >= 0.3 is 12.2 Å². The number of aryl methyl sites for hydroxylation is 1. The maximum absolute atomic E-state index is 13.6. The molecule has 46 heavy (non-hydrogen) atoms. The van der Waals surface area contributed by atoms with E-state index in [1.165, 1.54) is 16.8 Å². The van der Waals surface area contributed by atoms with E-state index in [0.717, 1.165) is 55.6 Å². The number of carbonyl (C=O) groups is 2. The van der Waals surface area contributed by atoms with Crippen molar-refractivity contribution >= 4 is 17.9 Å². The summed E-state index contributed by atoms with van der Waals surface area (Å²) in [6.07, 6.45) is 5.34. The second kappa shape index (κ2) is 13.7. The molecule has 9 heteroatoms. The molecule has 6 rings (SSSR count). The molecule has 9 nitrogen and oxygen atoms in total. The summed E-state index contributed by atoms with van der Waals surface area (Å²) in [6.45, 7) is 9.90. The lowest BCUT2D eigenvalue weighted by Gasteiger charge is -2.43. The van der Waals surface area contributed by atoms with Crippen LogP contribution >= 0.6 is 0 Å². The molecule has 2 atom stereocenters. The fourth-order valence-electron chi connectivity index (χ4n) is 7.07. The summed E-state index contributed by atoms with van der Waals surface area (Å²) in [5.41, 5.74) is 6.51. The highest BCUT2D eigenvalue weighted by molar-refractivity contribution is 5.71. The van der Waals surface area contributed by atoms with Gasteiger partial charge in [0.2, 0.25) is 0 Å². The van der Waals surface area contributed by atoms with Crippen molar-refractivity contribution in [2.24, 2.45) is 0 Å². The zero-order valence-electron chi connectivity index (χ0n) is 27.7. The van der Waals surface area contributed by atoms with Crippen molar-refractivity contribution in [1.29, 1.82) is 0 Å². The molecule has 1 saturated heterocycles. The summed E-state index contributed by atoms with van der Waals surface area (Å²) < 4.78 is 11.5. The first-order valence-electron chi connectivity index (χ1n) is 16.6. The van der Waals surface area contributed by atoms with E-state index in [0.29, 0.717) is 26.2 Å². The van der Waals surface area contributed by atoms with Crippen molar-refractivity contribution in [3.8, 4) is 0 Å². The van der Waals surface area contributed by atoms with Crippen molar-refractivity contribution in [2.45, 2.75) is 77.3 Å². The van der Waals surface area contributed by atoms with Crippen LogP contribution in [-0.2, 0) is 35.5 Å². The topological polar surface area (TPSA) is 78.5 Å². The van der Waals surface area contributed by atoms with Gasteiger partial charge in [-0.3, -0.25) is 14.8 Å². The van der Waals surface area contributed by atoms with Crippen molar-refractivity contribution < 1.29 is 19.1 Å². The molecule has 0 bridgehead atoms. The molecule has 1 fully saturated rings. The third kappa shape index (κ3) is 7.30. The van der Waals surface area contributed by atoms with Gasteiger partial charge in [-0.1, -0.05) is 48.5 Å². The molecule has 2 aliphatic heterocycles. The molecule has 3 aromatic rings. The van der Waals surface area contributed by atoms with Gasteiger partial charge in [-0.15, -0.1) is 0 Å². The molecule has 2 amide bonds. The largest absolute Gasteiger partial charge is 0.445 e. The molecule has 3 heterocycles. The van der Waals surface area contributed by atoms with Crippen LogP contribution in [0.5, 0.6) is 0 Å². The Morgan fingerprint density at radius 2 is 1.70 bits per heavy atom. The average Bonchev–Trinajstić information content (AvgIpc) is 3.06.